The van der Waals surface area contributed by atoms with E-state index in [-0.39, 0.29) is 20.4 Å². The average molecular weight is 388 g/mol. The van der Waals surface area contributed by atoms with Crippen molar-refractivity contribution in [1.29, 1.82) is 0 Å². The molecule has 0 amide bonds. The predicted octanol–water partition coefficient (Wildman–Crippen LogP) is 5.27. The first-order valence-electron chi connectivity index (χ1n) is 5.05. The molecule has 0 unspecified atom stereocenters. The summed E-state index contributed by atoms with van der Waals surface area (Å²) in [5.41, 5.74) is 0. The molecule has 0 aliphatic heterocycles. The van der Waals surface area contributed by atoms with Crippen molar-refractivity contribution in [1.82, 2.24) is 0 Å². The Hall–Kier alpha value is -0.288. The molecule has 19 heavy (non-hydrogen) atoms. The Morgan fingerprint density at radius 2 is 0.579 bits per heavy atom. The third kappa shape index (κ3) is 73.5. The molecule has 0 aromatic rings. The predicted molar refractivity (Wildman–Crippen MR) is 57.1 cm³/mol. The van der Waals surface area contributed by atoms with Gasteiger partial charge in [-0.2, -0.15) is 0 Å². The van der Waals surface area contributed by atoms with Crippen molar-refractivity contribution >= 4 is 14.5 Å². The zero-order chi connectivity index (χ0) is 14.7. The first-order valence-corrected chi connectivity index (χ1v) is 5.05. The quantitative estimate of drug-likeness (QED) is 0.301. The van der Waals surface area contributed by atoms with E-state index in [0.29, 0.717) is 0 Å². The molecule has 0 saturated heterocycles. The van der Waals surface area contributed by atoms with E-state index in [1.54, 1.807) is 0 Å². The molecule has 11 heteroatoms. The van der Waals surface area contributed by atoms with E-state index in [1.807, 2.05) is 0 Å². The van der Waals surface area contributed by atoms with Crippen LogP contribution in [0.3, 0.4) is 0 Å². The maximum Gasteiger partial charge on any atom is 2.00 e. The summed E-state index contributed by atoms with van der Waals surface area (Å²) in [7, 11) is -12.0. The summed E-state index contributed by atoms with van der Waals surface area (Å²) in [5.74, 6) is 0. The molecule has 0 spiro atoms. The van der Waals surface area contributed by atoms with Gasteiger partial charge in [0.25, 0.3) is 0 Å². The van der Waals surface area contributed by atoms with Gasteiger partial charge in [-0.1, -0.05) is 24.3 Å². The Morgan fingerprint density at radius 1 is 0.474 bits per heavy atom. The van der Waals surface area contributed by atoms with Gasteiger partial charge < -0.3 is 34.5 Å². The fourth-order valence-electron chi connectivity index (χ4n) is 0.856. The summed E-state index contributed by atoms with van der Waals surface area (Å²) in [6, 6.07) is 0. The summed E-state index contributed by atoms with van der Waals surface area (Å²) < 4.78 is 78.0. The maximum absolute atomic E-state index is 9.75. The van der Waals surface area contributed by atoms with Crippen LogP contribution in [0.5, 0.6) is 0 Å². The molecule has 116 valence electrons. The zero-order valence-electron chi connectivity index (χ0n) is 9.63. The van der Waals surface area contributed by atoms with E-state index in [9.17, 15) is 34.5 Å². The van der Waals surface area contributed by atoms with E-state index < -0.39 is 14.5 Å². The van der Waals surface area contributed by atoms with Gasteiger partial charge in [-0.25, -0.2) is 0 Å². The molecule has 0 radical (unpaired) electrons. The minimum atomic E-state index is -6.00. The molecular formula is C8H12B2F8Pd. The second kappa shape index (κ2) is 12.7. The van der Waals surface area contributed by atoms with E-state index in [2.05, 4.69) is 24.3 Å². The van der Waals surface area contributed by atoms with Crippen LogP contribution in [0.1, 0.15) is 25.7 Å². The fraction of sp³-hybridized carbons (Fsp3) is 0.500. The molecule has 0 N–H and O–H groups in total. The summed E-state index contributed by atoms with van der Waals surface area (Å²) in [6.07, 6.45) is 14.0. The van der Waals surface area contributed by atoms with Crippen molar-refractivity contribution < 1.29 is 54.9 Å². The van der Waals surface area contributed by atoms with E-state index in [0.717, 1.165) is 0 Å². The van der Waals surface area contributed by atoms with Crippen molar-refractivity contribution in [3.63, 3.8) is 0 Å². The minimum absolute atomic E-state index is 0. The van der Waals surface area contributed by atoms with Gasteiger partial charge in [0.2, 0.25) is 0 Å². The van der Waals surface area contributed by atoms with Gasteiger partial charge in [-0.05, 0) is 25.7 Å². The summed E-state index contributed by atoms with van der Waals surface area (Å²) in [4.78, 5) is 0. The normalized spacial score (nSPS) is 18.1. The first-order chi connectivity index (χ1) is 8.00. The largest absolute Gasteiger partial charge is 2.00 e. The number of allylic oxidation sites excluding steroid dienone is 4. The molecule has 0 saturated carbocycles. The number of halogens is 8. The van der Waals surface area contributed by atoms with Crippen molar-refractivity contribution in [2.24, 2.45) is 0 Å². The van der Waals surface area contributed by atoms with Crippen LogP contribution < -0.4 is 0 Å². The third-order valence-electron chi connectivity index (χ3n) is 1.33. The molecule has 0 nitrogen and oxygen atoms in total. The second-order valence-corrected chi connectivity index (χ2v) is 3.09. The van der Waals surface area contributed by atoms with Gasteiger partial charge >= 0.3 is 34.9 Å². The van der Waals surface area contributed by atoms with Gasteiger partial charge in [0.15, 0.2) is 0 Å². The number of rotatable bonds is 0. The van der Waals surface area contributed by atoms with Gasteiger partial charge in [0, 0.05) is 0 Å². The second-order valence-electron chi connectivity index (χ2n) is 3.09. The Balaban J connectivity index is -0.000000208. The van der Waals surface area contributed by atoms with Gasteiger partial charge in [0.1, 0.15) is 0 Å². The van der Waals surface area contributed by atoms with Crippen LogP contribution in [0.4, 0.5) is 34.5 Å². The summed E-state index contributed by atoms with van der Waals surface area (Å²) in [6.45, 7) is 0. The van der Waals surface area contributed by atoms with Crippen LogP contribution in [0, 0.1) is 0 Å². The Labute approximate surface area is 120 Å². The molecule has 1 rings (SSSR count). The summed E-state index contributed by atoms with van der Waals surface area (Å²) in [5, 5.41) is 0. The molecule has 1 aliphatic rings. The monoisotopic (exact) mass is 388 g/mol. The average Bonchev–Trinajstić information content (AvgIpc) is 1.93. The first kappa shape index (κ1) is 23.8. The topological polar surface area (TPSA) is 0 Å². The van der Waals surface area contributed by atoms with Crippen LogP contribution in [0.15, 0.2) is 24.3 Å². The number of hydrogen-bond donors (Lipinski definition) is 0. The van der Waals surface area contributed by atoms with Gasteiger partial charge in [-0.3, -0.25) is 0 Å². The molecule has 1 aliphatic carbocycles. The van der Waals surface area contributed by atoms with Gasteiger partial charge in [-0.15, -0.1) is 0 Å². The fourth-order valence-corrected chi connectivity index (χ4v) is 0.856. The molecule has 0 fully saturated rings. The molecular weight excluding hydrogens is 376 g/mol. The molecule has 0 aromatic heterocycles. The van der Waals surface area contributed by atoms with Crippen LogP contribution in [-0.2, 0) is 20.4 Å². The van der Waals surface area contributed by atoms with Crippen LogP contribution in [0.25, 0.3) is 0 Å². The zero-order valence-corrected chi connectivity index (χ0v) is 11.2. The summed E-state index contributed by atoms with van der Waals surface area (Å²) >= 11 is 0. The number of hydrogen-bond acceptors (Lipinski definition) is 0. The van der Waals surface area contributed by atoms with Crippen LogP contribution in [0.2, 0.25) is 0 Å². The van der Waals surface area contributed by atoms with Crippen molar-refractivity contribution in [3.8, 4) is 0 Å². The molecule has 0 heterocycles. The third-order valence-corrected chi connectivity index (χ3v) is 1.33. The van der Waals surface area contributed by atoms with E-state index >= 15 is 0 Å². The Bertz CT molecular complexity index is 198. The Kier molecular flexibility index (Phi) is 15.9. The van der Waals surface area contributed by atoms with Crippen molar-refractivity contribution in [2.45, 2.75) is 25.7 Å². The standard InChI is InChI=1S/C8H12.2BF4.Pd/c1-2-4-6-8-7-5-3-1;2*2-1(3,4)5;/h1-2,7-8H,3-6H2;;;/q;2*-1;+2/b2-1-,8-7-;;;. The van der Waals surface area contributed by atoms with E-state index in [4.69, 9.17) is 0 Å². The molecule has 0 aromatic carbocycles. The van der Waals surface area contributed by atoms with Crippen molar-refractivity contribution in [2.75, 3.05) is 0 Å². The van der Waals surface area contributed by atoms with Gasteiger partial charge in [0.05, 0.1) is 0 Å². The van der Waals surface area contributed by atoms with E-state index in [1.165, 1.54) is 25.7 Å². The Morgan fingerprint density at radius 3 is 0.684 bits per heavy atom. The SMILES string of the molecule is C1=C\CC/C=C\CC/1.F[B-](F)(F)F.F[B-](F)(F)F.[Pd+2]. The van der Waals surface area contributed by atoms with Crippen molar-refractivity contribution in [3.05, 3.63) is 24.3 Å². The molecule has 0 bridgehead atoms. The van der Waals surface area contributed by atoms with Crippen LogP contribution in [-0.4, -0.2) is 14.5 Å². The molecule has 0 atom stereocenters. The smallest absolute Gasteiger partial charge is 0.418 e. The maximum atomic E-state index is 9.75. The minimum Gasteiger partial charge on any atom is -0.418 e. The van der Waals surface area contributed by atoms with Crippen LogP contribution >= 0.6 is 0 Å².